The van der Waals surface area contributed by atoms with Crippen molar-refractivity contribution in [2.45, 2.75) is 6.73 Å². The van der Waals surface area contributed by atoms with E-state index < -0.39 is 0 Å². The third-order valence-electron chi connectivity index (χ3n) is 3.97. The maximum atomic E-state index is 5.97. The molecule has 0 fully saturated rings. The molecule has 0 aliphatic carbocycles. The Labute approximate surface area is 129 Å². The molecule has 0 radical (unpaired) electrons. The number of aryl methyl sites for hydroxylation is 1. The molecule has 108 valence electrons. The van der Waals surface area contributed by atoms with Crippen LogP contribution in [-0.2, 0) is 13.8 Å². The summed E-state index contributed by atoms with van der Waals surface area (Å²) >= 11 is 0. The molecule has 4 rings (SSSR count). The van der Waals surface area contributed by atoms with Crippen LogP contribution in [0, 0.1) is 0 Å². The molecule has 1 heterocycles. The minimum Gasteiger partial charge on any atom is -0.454 e. The summed E-state index contributed by atoms with van der Waals surface area (Å²) in [4.78, 5) is 0. The van der Waals surface area contributed by atoms with E-state index in [9.17, 15) is 0 Å². The largest absolute Gasteiger partial charge is 0.454 e. The van der Waals surface area contributed by atoms with Crippen LogP contribution >= 0.6 is 0 Å². The molecule has 0 aliphatic heterocycles. The van der Waals surface area contributed by atoms with Crippen molar-refractivity contribution in [3.8, 4) is 5.75 Å². The molecule has 0 bridgehead atoms. The normalized spacial score (nSPS) is 11.1. The standard InChI is InChI=1S/C19H17N2O/c1-20-13-21(19-9-5-4-8-18(19)20)14-22-17-11-10-15-6-2-3-7-16(15)12-17/h2-13H,14H2,1H3/q+1. The van der Waals surface area contributed by atoms with Gasteiger partial charge < -0.3 is 4.74 Å². The molecule has 0 saturated heterocycles. The first-order chi connectivity index (χ1) is 10.8. The zero-order valence-electron chi connectivity index (χ0n) is 12.4. The Bertz CT molecular complexity index is 956. The predicted octanol–water partition coefficient (Wildman–Crippen LogP) is 3.66. The van der Waals surface area contributed by atoms with Crippen LogP contribution in [0.4, 0.5) is 0 Å². The van der Waals surface area contributed by atoms with Gasteiger partial charge in [-0.1, -0.05) is 42.5 Å². The van der Waals surface area contributed by atoms with Gasteiger partial charge >= 0.3 is 0 Å². The van der Waals surface area contributed by atoms with Crippen molar-refractivity contribution in [1.82, 2.24) is 4.57 Å². The van der Waals surface area contributed by atoms with E-state index in [1.54, 1.807) is 0 Å². The van der Waals surface area contributed by atoms with Gasteiger partial charge in [0.2, 0.25) is 13.1 Å². The summed E-state index contributed by atoms with van der Waals surface area (Å²) in [6.07, 6.45) is 2.06. The van der Waals surface area contributed by atoms with Crippen LogP contribution in [0.15, 0.2) is 73.1 Å². The van der Waals surface area contributed by atoms with Crippen molar-refractivity contribution >= 4 is 21.8 Å². The number of ether oxygens (including phenoxy) is 1. The first kappa shape index (κ1) is 12.9. The Hall–Kier alpha value is -2.81. The topological polar surface area (TPSA) is 18.0 Å². The summed E-state index contributed by atoms with van der Waals surface area (Å²) in [6, 6.07) is 22.8. The monoisotopic (exact) mass is 289 g/mol. The number of para-hydroxylation sites is 2. The highest BCUT2D eigenvalue weighted by Crippen LogP contribution is 2.21. The molecule has 0 aliphatic rings. The molecule has 0 amide bonds. The van der Waals surface area contributed by atoms with Gasteiger partial charge in [-0.2, -0.15) is 4.57 Å². The van der Waals surface area contributed by atoms with E-state index in [1.807, 2.05) is 12.1 Å². The molecule has 1 aromatic heterocycles. The van der Waals surface area contributed by atoms with Crippen LogP contribution in [0.2, 0.25) is 0 Å². The van der Waals surface area contributed by atoms with Gasteiger partial charge in [-0.3, -0.25) is 0 Å². The maximum absolute atomic E-state index is 5.97. The third-order valence-corrected chi connectivity index (χ3v) is 3.97. The fraction of sp³-hybridized carbons (Fsp3) is 0.105. The van der Waals surface area contributed by atoms with Gasteiger partial charge in [0, 0.05) is 0 Å². The van der Waals surface area contributed by atoms with E-state index in [1.165, 1.54) is 21.8 Å². The molecule has 22 heavy (non-hydrogen) atoms. The Kier molecular flexibility index (Phi) is 3.04. The second-order valence-electron chi connectivity index (χ2n) is 5.47. The van der Waals surface area contributed by atoms with Crippen molar-refractivity contribution in [1.29, 1.82) is 0 Å². The summed E-state index contributed by atoms with van der Waals surface area (Å²) in [7, 11) is 2.05. The van der Waals surface area contributed by atoms with Crippen molar-refractivity contribution in [2.75, 3.05) is 0 Å². The fourth-order valence-corrected chi connectivity index (χ4v) is 2.84. The number of nitrogens with zero attached hydrogens (tertiary/aromatic N) is 2. The third kappa shape index (κ3) is 2.21. The number of hydrogen-bond donors (Lipinski definition) is 0. The first-order valence-corrected chi connectivity index (χ1v) is 7.36. The second kappa shape index (κ2) is 5.19. The van der Waals surface area contributed by atoms with Crippen LogP contribution in [-0.4, -0.2) is 4.57 Å². The highest BCUT2D eigenvalue weighted by atomic mass is 16.5. The van der Waals surface area contributed by atoms with E-state index in [0.717, 1.165) is 5.75 Å². The Balaban J connectivity index is 1.62. The molecule has 0 N–H and O–H groups in total. The summed E-state index contributed by atoms with van der Waals surface area (Å²) < 4.78 is 10.2. The Morgan fingerprint density at radius 1 is 0.909 bits per heavy atom. The number of fused-ring (bicyclic) bond motifs is 2. The lowest BCUT2D eigenvalue weighted by Gasteiger charge is -2.05. The zero-order chi connectivity index (χ0) is 14.9. The SMILES string of the molecule is C[n+]1cn(COc2ccc3ccccc3c2)c2ccccc21. The van der Waals surface area contributed by atoms with Crippen molar-refractivity contribution < 1.29 is 9.30 Å². The van der Waals surface area contributed by atoms with E-state index in [-0.39, 0.29) is 0 Å². The van der Waals surface area contributed by atoms with Crippen LogP contribution in [0.25, 0.3) is 21.8 Å². The quantitative estimate of drug-likeness (QED) is 0.526. The van der Waals surface area contributed by atoms with E-state index in [0.29, 0.717) is 6.73 Å². The lowest BCUT2D eigenvalue weighted by molar-refractivity contribution is -0.646. The predicted molar refractivity (Wildman–Crippen MR) is 87.7 cm³/mol. The van der Waals surface area contributed by atoms with Gasteiger partial charge in [0.25, 0.3) is 0 Å². The fourth-order valence-electron chi connectivity index (χ4n) is 2.84. The van der Waals surface area contributed by atoms with Crippen molar-refractivity contribution in [3.63, 3.8) is 0 Å². The molecular weight excluding hydrogens is 272 g/mol. The number of benzene rings is 3. The highest BCUT2D eigenvalue weighted by molar-refractivity contribution is 5.83. The Morgan fingerprint density at radius 3 is 2.59 bits per heavy atom. The number of imidazole rings is 1. The van der Waals surface area contributed by atoms with Crippen LogP contribution in [0.3, 0.4) is 0 Å². The van der Waals surface area contributed by atoms with Crippen molar-refractivity contribution in [3.05, 3.63) is 73.1 Å². The summed E-state index contributed by atoms with van der Waals surface area (Å²) in [6.45, 7) is 0.500. The zero-order valence-corrected chi connectivity index (χ0v) is 12.4. The van der Waals surface area contributed by atoms with Gasteiger partial charge in [-0.25, -0.2) is 4.57 Å². The molecule has 3 heteroatoms. The smallest absolute Gasteiger partial charge is 0.247 e. The lowest BCUT2D eigenvalue weighted by Crippen LogP contribution is -2.25. The Morgan fingerprint density at radius 2 is 1.68 bits per heavy atom. The van der Waals surface area contributed by atoms with E-state index in [2.05, 4.69) is 77.1 Å². The molecule has 0 atom stereocenters. The number of hydrogen-bond acceptors (Lipinski definition) is 1. The summed E-state index contributed by atoms with van der Waals surface area (Å²) in [5.41, 5.74) is 2.37. The molecule has 0 spiro atoms. The first-order valence-electron chi connectivity index (χ1n) is 7.36. The number of rotatable bonds is 3. The van der Waals surface area contributed by atoms with E-state index >= 15 is 0 Å². The molecule has 4 aromatic rings. The van der Waals surface area contributed by atoms with Crippen LogP contribution < -0.4 is 9.30 Å². The summed E-state index contributed by atoms with van der Waals surface area (Å²) in [5.74, 6) is 0.888. The van der Waals surface area contributed by atoms with Crippen molar-refractivity contribution in [2.24, 2.45) is 7.05 Å². The minimum atomic E-state index is 0.500. The molecule has 0 unspecified atom stereocenters. The van der Waals surface area contributed by atoms with Gasteiger partial charge in [-0.05, 0) is 35.0 Å². The van der Waals surface area contributed by atoms with Crippen LogP contribution in [0.1, 0.15) is 0 Å². The second-order valence-corrected chi connectivity index (χ2v) is 5.47. The maximum Gasteiger partial charge on any atom is 0.247 e. The summed E-state index contributed by atoms with van der Waals surface area (Å²) in [5, 5.41) is 2.43. The molecule has 3 nitrogen and oxygen atoms in total. The van der Waals surface area contributed by atoms with Gasteiger partial charge in [0.05, 0.1) is 7.05 Å². The molecule has 3 aromatic carbocycles. The minimum absolute atomic E-state index is 0.500. The average Bonchev–Trinajstić information content (AvgIpc) is 2.89. The average molecular weight is 289 g/mol. The van der Waals surface area contributed by atoms with Gasteiger partial charge in [0.1, 0.15) is 5.75 Å². The molecular formula is C19H17N2O+. The molecule has 0 saturated carbocycles. The lowest BCUT2D eigenvalue weighted by atomic mass is 10.1. The van der Waals surface area contributed by atoms with E-state index in [4.69, 9.17) is 4.74 Å². The van der Waals surface area contributed by atoms with Crippen LogP contribution in [0.5, 0.6) is 5.75 Å². The number of aromatic nitrogens is 2. The van der Waals surface area contributed by atoms with Gasteiger partial charge in [0.15, 0.2) is 11.0 Å². The highest BCUT2D eigenvalue weighted by Gasteiger charge is 2.12. The van der Waals surface area contributed by atoms with Gasteiger partial charge in [-0.15, -0.1) is 0 Å².